The molecule has 2 amide bonds. The van der Waals surface area contributed by atoms with Crippen molar-refractivity contribution in [2.75, 3.05) is 19.0 Å². The molecule has 1 atom stereocenters. The van der Waals surface area contributed by atoms with Gasteiger partial charge in [-0.3, -0.25) is 9.69 Å². The van der Waals surface area contributed by atoms with Gasteiger partial charge in [-0.15, -0.1) is 0 Å². The van der Waals surface area contributed by atoms with Crippen LogP contribution in [0, 0.1) is 11.6 Å². The number of rotatable bonds is 5. The Kier molecular flexibility index (Phi) is 7.54. The molecule has 1 aromatic heterocycles. The lowest BCUT2D eigenvalue weighted by Gasteiger charge is -2.36. The third kappa shape index (κ3) is 5.80. The lowest BCUT2D eigenvalue weighted by molar-refractivity contribution is -0.122. The van der Waals surface area contributed by atoms with E-state index in [1.807, 2.05) is 20.0 Å². The highest BCUT2D eigenvalue weighted by Gasteiger charge is 2.39. The van der Waals surface area contributed by atoms with E-state index in [1.165, 1.54) is 12.0 Å². The third-order valence-corrected chi connectivity index (χ3v) is 9.73. The molecule has 2 aromatic rings. The first-order valence-corrected chi connectivity index (χ1v) is 14.8. The van der Waals surface area contributed by atoms with E-state index in [1.54, 1.807) is 32.9 Å². The Hall–Kier alpha value is -3.01. The first kappa shape index (κ1) is 26.6. The minimum absolute atomic E-state index is 0.0209. The van der Waals surface area contributed by atoms with Crippen LogP contribution < -0.4 is 15.2 Å². The minimum atomic E-state index is -2.30. The van der Waals surface area contributed by atoms with Crippen LogP contribution in [0.4, 0.5) is 19.3 Å². The van der Waals surface area contributed by atoms with E-state index < -0.39 is 43.4 Å². The Labute approximate surface area is 205 Å². The average Bonchev–Trinajstić information content (AvgIpc) is 2.75. The Morgan fingerprint density at radius 2 is 1.83 bits per heavy atom. The van der Waals surface area contributed by atoms with Crippen LogP contribution in [-0.2, 0) is 16.0 Å². The van der Waals surface area contributed by atoms with Gasteiger partial charge in [0.15, 0.2) is 0 Å². The van der Waals surface area contributed by atoms with Crippen molar-refractivity contribution in [1.29, 1.82) is 0 Å². The number of halogens is 2. The van der Waals surface area contributed by atoms with Crippen LogP contribution in [-0.4, -0.2) is 49.2 Å². The highest BCUT2D eigenvalue weighted by Crippen LogP contribution is 2.33. The Balaban J connectivity index is 1.99. The maximum absolute atomic E-state index is 14.9. The van der Waals surface area contributed by atoms with Gasteiger partial charge < -0.3 is 14.8 Å². The summed E-state index contributed by atoms with van der Waals surface area (Å²) in [5.41, 5.74) is 0.312. The first-order chi connectivity index (χ1) is 16.3. The molecule has 0 unspecified atom stereocenters. The van der Waals surface area contributed by atoms with E-state index in [2.05, 4.69) is 10.3 Å². The molecule has 190 valence electrons. The van der Waals surface area contributed by atoms with E-state index in [0.29, 0.717) is 29.6 Å². The van der Waals surface area contributed by atoms with E-state index in [-0.39, 0.29) is 17.4 Å². The molecule has 0 aliphatic carbocycles. The number of nitrogens with one attached hydrogen (secondary N) is 1. The predicted octanol–water partition coefficient (Wildman–Crippen LogP) is 4.78. The highest BCUT2D eigenvalue weighted by molar-refractivity contribution is 6.89. The quantitative estimate of drug-likeness (QED) is 0.592. The van der Waals surface area contributed by atoms with Crippen LogP contribution in [0.3, 0.4) is 0 Å². The molecule has 3 rings (SSSR count). The molecule has 0 saturated heterocycles. The topological polar surface area (TPSA) is 80.8 Å². The van der Waals surface area contributed by atoms with Gasteiger partial charge in [0.25, 0.3) is 5.91 Å². The second kappa shape index (κ2) is 9.92. The van der Waals surface area contributed by atoms with E-state index in [9.17, 15) is 18.4 Å². The van der Waals surface area contributed by atoms with Crippen molar-refractivity contribution in [3.63, 3.8) is 0 Å². The van der Waals surface area contributed by atoms with Crippen molar-refractivity contribution in [2.24, 2.45) is 0 Å². The summed E-state index contributed by atoms with van der Waals surface area (Å²) in [6, 6.07) is 5.11. The summed E-state index contributed by atoms with van der Waals surface area (Å²) in [7, 11) is -0.805. The summed E-state index contributed by atoms with van der Waals surface area (Å²) in [5.74, 6) is -1.60. The summed E-state index contributed by atoms with van der Waals surface area (Å²) in [4.78, 5) is 32.2. The van der Waals surface area contributed by atoms with Crippen molar-refractivity contribution < 1.29 is 27.8 Å². The number of aromatic nitrogens is 1. The van der Waals surface area contributed by atoms with Crippen molar-refractivity contribution in [1.82, 2.24) is 9.88 Å². The molecule has 35 heavy (non-hydrogen) atoms. The SMILES string of the molecule is CC[Si](C)(C)c1c(F)cc(NC(=O)[C@H]2c3ccc(OC)nc3CCN2C(=O)OC(C)(C)C)cc1F. The molecule has 0 saturated carbocycles. The summed E-state index contributed by atoms with van der Waals surface area (Å²) >= 11 is 0. The van der Waals surface area contributed by atoms with Crippen LogP contribution in [0.25, 0.3) is 0 Å². The van der Waals surface area contributed by atoms with E-state index in [0.717, 1.165) is 12.1 Å². The molecule has 0 bridgehead atoms. The second-order valence-electron chi connectivity index (χ2n) is 10.3. The highest BCUT2D eigenvalue weighted by atomic mass is 28.3. The monoisotopic (exact) mass is 505 g/mol. The van der Waals surface area contributed by atoms with Crippen molar-refractivity contribution in [3.05, 3.63) is 47.2 Å². The molecule has 1 aliphatic heterocycles. The molecular weight excluding hydrogens is 472 g/mol. The average molecular weight is 506 g/mol. The van der Waals surface area contributed by atoms with Crippen LogP contribution in [0.15, 0.2) is 24.3 Å². The Morgan fingerprint density at radius 3 is 2.37 bits per heavy atom. The molecule has 1 aromatic carbocycles. The molecule has 7 nitrogen and oxygen atoms in total. The van der Waals surface area contributed by atoms with Gasteiger partial charge in [0.05, 0.1) is 20.9 Å². The van der Waals surface area contributed by atoms with E-state index >= 15 is 0 Å². The number of pyridine rings is 1. The molecule has 1 N–H and O–H groups in total. The zero-order valence-corrected chi connectivity index (χ0v) is 22.3. The van der Waals surface area contributed by atoms with Gasteiger partial charge in [0.1, 0.15) is 23.3 Å². The van der Waals surface area contributed by atoms with Gasteiger partial charge in [-0.05, 0) is 39.0 Å². The fourth-order valence-corrected chi connectivity index (χ4v) is 5.85. The summed E-state index contributed by atoms with van der Waals surface area (Å²) in [6.45, 7) is 11.1. The van der Waals surface area contributed by atoms with Crippen molar-refractivity contribution >= 4 is 30.9 Å². The predicted molar refractivity (Wildman–Crippen MR) is 133 cm³/mol. The van der Waals surface area contributed by atoms with Gasteiger partial charge >= 0.3 is 6.09 Å². The largest absolute Gasteiger partial charge is 0.481 e. The number of anilines is 1. The smallest absolute Gasteiger partial charge is 0.411 e. The summed E-state index contributed by atoms with van der Waals surface area (Å²) in [5, 5.41) is 2.70. The van der Waals surface area contributed by atoms with Gasteiger partial charge in [0.2, 0.25) is 5.88 Å². The fraction of sp³-hybridized carbons (Fsp3) is 0.480. The zero-order chi connectivity index (χ0) is 26.1. The molecule has 0 fully saturated rings. The van der Waals surface area contributed by atoms with Crippen LogP contribution in [0.5, 0.6) is 5.88 Å². The van der Waals surface area contributed by atoms with Gasteiger partial charge in [-0.1, -0.05) is 26.1 Å². The third-order valence-electron chi connectivity index (χ3n) is 6.14. The number of amides is 2. The van der Waals surface area contributed by atoms with Gasteiger partial charge in [-0.25, -0.2) is 18.6 Å². The Bertz CT molecular complexity index is 1110. The van der Waals surface area contributed by atoms with Gasteiger partial charge in [0, 0.05) is 35.5 Å². The number of fused-ring (bicyclic) bond motifs is 1. The van der Waals surface area contributed by atoms with Crippen LogP contribution in [0.1, 0.15) is 45.0 Å². The van der Waals surface area contributed by atoms with Crippen LogP contribution in [0.2, 0.25) is 19.1 Å². The standard InChI is InChI=1S/C25H33F2N3O4Si/c1-8-35(6,7)22-17(26)13-15(14-18(22)27)28-23(31)21-16-9-10-20(33-5)29-19(16)11-12-30(21)24(32)34-25(2,3)4/h9-10,13-14,21H,8,11-12H2,1-7H3,(H,28,31)/t21-/m1/s1. The fourth-order valence-electron chi connectivity index (χ4n) is 4.06. The number of hydrogen-bond acceptors (Lipinski definition) is 5. The first-order valence-electron chi connectivity index (χ1n) is 11.6. The number of ether oxygens (including phenoxy) is 2. The zero-order valence-electron chi connectivity index (χ0n) is 21.3. The normalized spacial score (nSPS) is 15.9. The number of methoxy groups -OCH3 is 1. The Morgan fingerprint density at radius 1 is 1.20 bits per heavy atom. The molecule has 10 heteroatoms. The second-order valence-corrected chi connectivity index (χ2v) is 15.2. The van der Waals surface area contributed by atoms with Crippen molar-refractivity contribution in [2.45, 2.75) is 64.9 Å². The number of hydrogen-bond donors (Lipinski definition) is 1. The maximum Gasteiger partial charge on any atom is 0.411 e. The summed E-state index contributed by atoms with van der Waals surface area (Å²) in [6.07, 6.45) is -0.271. The molecule has 0 radical (unpaired) electrons. The lowest BCUT2D eigenvalue weighted by atomic mass is 9.96. The van der Waals surface area contributed by atoms with Crippen molar-refractivity contribution in [3.8, 4) is 5.88 Å². The number of nitrogens with zero attached hydrogens (tertiary/aromatic N) is 2. The van der Waals surface area contributed by atoms with Crippen LogP contribution >= 0.6 is 0 Å². The molecule has 2 heterocycles. The number of carbonyl (C=O) groups excluding carboxylic acids is 2. The summed E-state index contributed by atoms with van der Waals surface area (Å²) < 4.78 is 40.6. The number of carbonyl (C=O) groups is 2. The maximum atomic E-state index is 14.9. The minimum Gasteiger partial charge on any atom is -0.481 e. The molecule has 1 aliphatic rings. The lowest BCUT2D eigenvalue weighted by Crippen LogP contribution is -2.47. The molecule has 0 spiro atoms. The molecular formula is C25H33F2N3O4Si. The number of benzene rings is 1. The van der Waals surface area contributed by atoms with Gasteiger partial charge in [-0.2, -0.15) is 0 Å². The van der Waals surface area contributed by atoms with E-state index in [4.69, 9.17) is 9.47 Å².